The van der Waals surface area contributed by atoms with Crippen LogP contribution in [-0.4, -0.2) is 41.7 Å². The predicted molar refractivity (Wildman–Crippen MR) is 189 cm³/mol. The van der Waals surface area contributed by atoms with Gasteiger partial charge in [-0.1, -0.05) is 60.7 Å². The summed E-state index contributed by atoms with van der Waals surface area (Å²) in [5.41, 5.74) is 2.37. The number of anilines is 2. The highest BCUT2D eigenvalue weighted by Gasteiger charge is 2.21. The van der Waals surface area contributed by atoms with Crippen LogP contribution in [0.2, 0.25) is 0 Å². The number of carbonyl (C=O) groups is 3. The average molecular weight is 667 g/mol. The number of thiazole rings is 1. The van der Waals surface area contributed by atoms with Crippen molar-refractivity contribution in [3.8, 4) is 11.5 Å². The number of ether oxygens (including phenoxy) is 2. The number of aromatic nitrogens is 1. The lowest BCUT2D eigenvalue weighted by atomic mass is 10.1. The molecule has 0 saturated carbocycles. The fraction of sp³-hybridized carbons (Fsp3) is 0.167. The number of thioether (sulfide) groups is 1. The van der Waals surface area contributed by atoms with Crippen LogP contribution in [0.4, 0.5) is 10.8 Å². The molecule has 0 spiro atoms. The molecule has 1 atom stereocenters. The second kappa shape index (κ2) is 15.9. The number of benzene rings is 4. The summed E-state index contributed by atoms with van der Waals surface area (Å²) in [6.07, 6.45) is 2.15. The molecule has 1 aromatic heterocycles. The SMILES string of the molecule is CCOc1ccc2nc(NC(=O)C(CC)Sc3cccc(NC(=O)/C(=C\c4ccccc4OC)NC(=O)c4ccccc4)c3)sc2c1. The molecule has 0 radical (unpaired) electrons. The monoisotopic (exact) mass is 666 g/mol. The van der Waals surface area contributed by atoms with Gasteiger partial charge >= 0.3 is 0 Å². The van der Waals surface area contributed by atoms with Crippen molar-refractivity contribution in [1.29, 1.82) is 0 Å². The normalized spacial score (nSPS) is 11.9. The Morgan fingerprint density at radius 1 is 0.915 bits per heavy atom. The van der Waals surface area contributed by atoms with Crippen molar-refractivity contribution in [1.82, 2.24) is 10.3 Å². The summed E-state index contributed by atoms with van der Waals surface area (Å²) < 4.78 is 12.0. The molecule has 11 heteroatoms. The Labute approximate surface area is 281 Å². The second-order valence-electron chi connectivity index (χ2n) is 10.2. The third-order valence-electron chi connectivity index (χ3n) is 6.90. The van der Waals surface area contributed by atoms with Crippen molar-refractivity contribution in [3.63, 3.8) is 0 Å². The van der Waals surface area contributed by atoms with Crippen LogP contribution in [0.1, 0.15) is 36.2 Å². The van der Waals surface area contributed by atoms with Gasteiger partial charge in [0, 0.05) is 21.7 Å². The molecule has 1 unspecified atom stereocenters. The van der Waals surface area contributed by atoms with Gasteiger partial charge in [-0.05, 0) is 74.0 Å². The maximum atomic E-state index is 13.6. The molecule has 4 aromatic carbocycles. The highest BCUT2D eigenvalue weighted by molar-refractivity contribution is 8.00. The smallest absolute Gasteiger partial charge is 0.272 e. The fourth-order valence-corrected chi connectivity index (χ4v) is 6.53. The van der Waals surface area contributed by atoms with Gasteiger partial charge in [-0.25, -0.2) is 4.98 Å². The van der Waals surface area contributed by atoms with Gasteiger partial charge in [-0.2, -0.15) is 0 Å². The Balaban J connectivity index is 1.30. The zero-order valence-corrected chi connectivity index (χ0v) is 27.7. The fourth-order valence-electron chi connectivity index (χ4n) is 4.62. The summed E-state index contributed by atoms with van der Waals surface area (Å²) in [6.45, 7) is 4.44. The largest absolute Gasteiger partial charge is 0.496 e. The van der Waals surface area contributed by atoms with Crippen molar-refractivity contribution in [2.75, 3.05) is 24.4 Å². The standard InChI is InChI=1S/C36H34N4O5S2/c1-4-31(35(43)40-36-39-28-19-18-26(45-5-2)22-32(28)47-36)46-27-16-11-15-25(21-27)37-34(42)29(20-24-14-9-10-17-30(24)44-3)38-33(41)23-12-7-6-8-13-23/h6-22,31H,4-5H2,1-3H3,(H,37,42)(H,38,41)(H,39,40,43)/b29-20+. The first-order chi connectivity index (χ1) is 22.9. The van der Waals surface area contributed by atoms with E-state index in [0.717, 1.165) is 20.9 Å². The van der Waals surface area contributed by atoms with Gasteiger partial charge in [0.05, 0.1) is 29.2 Å². The minimum Gasteiger partial charge on any atom is -0.496 e. The van der Waals surface area contributed by atoms with Gasteiger partial charge in [0.2, 0.25) is 5.91 Å². The summed E-state index contributed by atoms with van der Waals surface area (Å²) >= 11 is 2.78. The topological polar surface area (TPSA) is 119 Å². The van der Waals surface area contributed by atoms with Gasteiger partial charge in [0.25, 0.3) is 11.8 Å². The summed E-state index contributed by atoms with van der Waals surface area (Å²) in [7, 11) is 1.54. The first kappa shape index (κ1) is 33.2. The van der Waals surface area contributed by atoms with Crippen LogP contribution in [0.5, 0.6) is 11.5 Å². The number of para-hydroxylation sites is 1. The first-order valence-electron chi connectivity index (χ1n) is 15.0. The molecular weight excluding hydrogens is 633 g/mol. The molecule has 240 valence electrons. The Morgan fingerprint density at radius 3 is 2.47 bits per heavy atom. The van der Waals surface area contributed by atoms with Crippen LogP contribution in [0.15, 0.2) is 108 Å². The zero-order chi connectivity index (χ0) is 33.2. The summed E-state index contributed by atoms with van der Waals surface area (Å²) in [5, 5.41) is 8.71. The molecule has 0 aliphatic rings. The van der Waals surface area contributed by atoms with Crippen molar-refractivity contribution >= 4 is 67.9 Å². The quantitative estimate of drug-likeness (QED) is 0.0874. The van der Waals surface area contributed by atoms with Crippen LogP contribution >= 0.6 is 23.1 Å². The lowest BCUT2D eigenvalue weighted by Crippen LogP contribution is -2.30. The molecule has 1 heterocycles. The Morgan fingerprint density at radius 2 is 1.70 bits per heavy atom. The number of amides is 3. The highest BCUT2D eigenvalue weighted by atomic mass is 32.2. The van der Waals surface area contributed by atoms with E-state index >= 15 is 0 Å². The van der Waals surface area contributed by atoms with E-state index in [1.165, 1.54) is 23.1 Å². The number of hydrogen-bond acceptors (Lipinski definition) is 8. The van der Waals surface area contributed by atoms with Gasteiger partial charge in [-0.3, -0.25) is 14.4 Å². The van der Waals surface area contributed by atoms with Crippen LogP contribution in [0, 0.1) is 0 Å². The maximum absolute atomic E-state index is 13.6. The molecule has 0 aliphatic carbocycles. The third-order valence-corrected chi connectivity index (χ3v) is 9.19. The third kappa shape index (κ3) is 8.78. The Kier molecular flexibility index (Phi) is 11.3. The summed E-state index contributed by atoms with van der Waals surface area (Å²) in [5.74, 6) is 0.203. The molecule has 0 bridgehead atoms. The van der Waals surface area contributed by atoms with Crippen molar-refractivity contribution in [2.24, 2.45) is 0 Å². The van der Waals surface area contributed by atoms with E-state index in [9.17, 15) is 14.4 Å². The van der Waals surface area contributed by atoms with Crippen LogP contribution in [-0.2, 0) is 9.59 Å². The molecule has 3 amide bonds. The highest BCUT2D eigenvalue weighted by Crippen LogP contribution is 2.32. The molecule has 9 nitrogen and oxygen atoms in total. The van der Waals surface area contributed by atoms with Crippen LogP contribution < -0.4 is 25.4 Å². The Hall–Kier alpha value is -5.13. The number of nitrogens with zero attached hydrogens (tertiary/aromatic N) is 1. The van der Waals surface area contributed by atoms with E-state index in [1.54, 1.807) is 67.8 Å². The molecule has 0 fully saturated rings. The number of nitrogens with one attached hydrogen (secondary N) is 3. The van der Waals surface area contributed by atoms with Crippen molar-refractivity contribution < 1.29 is 23.9 Å². The van der Waals surface area contributed by atoms with Crippen LogP contribution in [0.25, 0.3) is 16.3 Å². The predicted octanol–water partition coefficient (Wildman–Crippen LogP) is 7.62. The van der Waals surface area contributed by atoms with Gasteiger partial charge < -0.3 is 25.4 Å². The van der Waals surface area contributed by atoms with Gasteiger partial charge in [0.15, 0.2) is 5.13 Å². The number of carbonyl (C=O) groups excluding carboxylic acids is 3. The lowest BCUT2D eigenvalue weighted by molar-refractivity contribution is -0.116. The minimum absolute atomic E-state index is 0.0384. The van der Waals surface area contributed by atoms with Crippen molar-refractivity contribution in [3.05, 3.63) is 114 Å². The molecule has 47 heavy (non-hydrogen) atoms. The second-order valence-corrected chi connectivity index (χ2v) is 12.5. The lowest BCUT2D eigenvalue weighted by Gasteiger charge is -2.15. The molecule has 5 rings (SSSR count). The zero-order valence-electron chi connectivity index (χ0n) is 26.1. The Bertz CT molecular complexity index is 1910. The summed E-state index contributed by atoms with van der Waals surface area (Å²) in [6, 6.07) is 28.8. The number of hydrogen-bond donors (Lipinski definition) is 3. The van der Waals surface area contributed by atoms with E-state index in [1.807, 2.05) is 56.3 Å². The van der Waals surface area contributed by atoms with Gasteiger partial charge in [0.1, 0.15) is 17.2 Å². The van der Waals surface area contributed by atoms with Crippen LogP contribution in [0.3, 0.4) is 0 Å². The maximum Gasteiger partial charge on any atom is 0.272 e. The van der Waals surface area contributed by atoms with E-state index < -0.39 is 17.1 Å². The number of fused-ring (bicyclic) bond motifs is 1. The molecular formula is C36H34N4O5S2. The average Bonchev–Trinajstić information content (AvgIpc) is 3.49. The van der Waals surface area contributed by atoms with Crippen molar-refractivity contribution in [2.45, 2.75) is 30.4 Å². The van der Waals surface area contributed by atoms with E-state index in [2.05, 4.69) is 20.9 Å². The summed E-state index contributed by atoms with van der Waals surface area (Å²) in [4.78, 5) is 45.3. The molecule has 5 aromatic rings. The number of methoxy groups -OCH3 is 1. The number of rotatable bonds is 13. The van der Waals surface area contributed by atoms with E-state index in [4.69, 9.17) is 9.47 Å². The first-order valence-corrected chi connectivity index (χ1v) is 16.7. The van der Waals surface area contributed by atoms with E-state index in [0.29, 0.717) is 40.7 Å². The minimum atomic E-state index is -0.518. The van der Waals surface area contributed by atoms with Gasteiger partial charge in [-0.15, -0.1) is 11.8 Å². The molecule has 3 N–H and O–H groups in total. The molecule has 0 saturated heterocycles. The molecule has 0 aliphatic heterocycles. The van der Waals surface area contributed by atoms with E-state index in [-0.39, 0.29) is 11.6 Å².